The number of hydrogen-bond acceptors (Lipinski definition) is 6. The highest BCUT2D eigenvalue weighted by Crippen LogP contribution is 2.55. The molecule has 3 heterocycles. The summed E-state index contributed by atoms with van der Waals surface area (Å²) in [6.07, 6.45) is 0.457. The Kier molecular flexibility index (Phi) is 5.84. The van der Waals surface area contributed by atoms with Crippen LogP contribution in [0.2, 0.25) is 0 Å². The van der Waals surface area contributed by atoms with Crippen molar-refractivity contribution in [1.29, 1.82) is 0 Å². The summed E-state index contributed by atoms with van der Waals surface area (Å²) in [4.78, 5) is 57.5. The van der Waals surface area contributed by atoms with E-state index in [1.165, 1.54) is 9.80 Å². The molecular weight excluding hydrogens is 482 g/mol. The summed E-state index contributed by atoms with van der Waals surface area (Å²) in [6.45, 7) is 1.62. The van der Waals surface area contributed by atoms with Crippen LogP contribution in [0.1, 0.15) is 18.1 Å². The summed E-state index contributed by atoms with van der Waals surface area (Å²) in [5, 5.41) is 3.48. The minimum Gasteiger partial charge on any atom is -0.465 e. The van der Waals surface area contributed by atoms with E-state index in [0.29, 0.717) is 23.4 Å². The van der Waals surface area contributed by atoms with Gasteiger partial charge in [0.2, 0.25) is 11.8 Å². The molecule has 3 aromatic carbocycles. The lowest BCUT2D eigenvalue weighted by molar-refractivity contribution is -0.142. The molecule has 192 valence electrons. The van der Waals surface area contributed by atoms with Gasteiger partial charge in [0.25, 0.3) is 5.91 Å². The number of carbonyl (C=O) groups excluding carboxylic acids is 4. The Labute approximate surface area is 220 Å². The maximum Gasteiger partial charge on any atom is 0.326 e. The first-order valence-corrected chi connectivity index (χ1v) is 12.8. The second kappa shape index (κ2) is 9.22. The van der Waals surface area contributed by atoms with Gasteiger partial charge in [-0.05, 0) is 37.1 Å². The summed E-state index contributed by atoms with van der Waals surface area (Å²) in [7, 11) is 0. The van der Waals surface area contributed by atoms with E-state index in [0.717, 1.165) is 5.56 Å². The van der Waals surface area contributed by atoms with Crippen molar-refractivity contribution in [1.82, 2.24) is 5.32 Å². The first kappa shape index (κ1) is 24.1. The van der Waals surface area contributed by atoms with Crippen LogP contribution in [0.3, 0.4) is 0 Å². The van der Waals surface area contributed by atoms with Gasteiger partial charge in [-0.15, -0.1) is 0 Å². The van der Waals surface area contributed by atoms with Crippen molar-refractivity contribution in [2.45, 2.75) is 24.9 Å². The number of carbonyl (C=O) groups is 4. The highest BCUT2D eigenvalue weighted by atomic mass is 16.5. The van der Waals surface area contributed by atoms with Crippen LogP contribution in [0, 0.1) is 11.8 Å². The molecule has 0 saturated carbocycles. The van der Waals surface area contributed by atoms with Gasteiger partial charge in [0.05, 0.1) is 24.1 Å². The maximum absolute atomic E-state index is 14.3. The third-order valence-electron chi connectivity index (χ3n) is 7.77. The highest BCUT2D eigenvalue weighted by molar-refractivity contribution is 6.26. The average Bonchev–Trinajstić information content (AvgIpc) is 3.49. The molecule has 2 fully saturated rings. The van der Waals surface area contributed by atoms with Crippen molar-refractivity contribution in [3.05, 3.63) is 96.1 Å². The Bertz CT molecular complexity index is 1430. The Morgan fingerprint density at radius 2 is 1.55 bits per heavy atom. The van der Waals surface area contributed by atoms with Crippen LogP contribution in [-0.2, 0) is 35.9 Å². The van der Waals surface area contributed by atoms with Gasteiger partial charge in [-0.3, -0.25) is 29.4 Å². The van der Waals surface area contributed by atoms with Crippen LogP contribution in [-0.4, -0.2) is 42.9 Å². The number of ether oxygens (including phenoxy) is 1. The fourth-order valence-corrected chi connectivity index (χ4v) is 6.31. The number of fused-ring (bicyclic) bond motifs is 4. The standard InChI is InChI=1S/C30H27N3O5/c1-2-38-24(34)18-32-23-16-10-9-15-21(23)30(29(32)37)26-25(22(31-30)17-19-11-5-3-6-12-19)27(35)33(28(26)36)20-13-7-4-8-14-20/h3-16,22,25-26,31H,2,17-18H2,1H3/t22-,25-,26-,30+/m1/s1. The van der Waals surface area contributed by atoms with E-state index in [9.17, 15) is 19.2 Å². The predicted molar refractivity (Wildman–Crippen MR) is 140 cm³/mol. The second-order valence-corrected chi connectivity index (χ2v) is 9.81. The van der Waals surface area contributed by atoms with E-state index in [1.54, 1.807) is 55.5 Å². The van der Waals surface area contributed by atoms with Crippen LogP contribution < -0.4 is 15.1 Å². The number of hydrogen-bond donors (Lipinski definition) is 1. The number of imide groups is 1. The van der Waals surface area contributed by atoms with Gasteiger partial charge in [0.15, 0.2) is 0 Å². The van der Waals surface area contributed by atoms with Gasteiger partial charge in [0, 0.05) is 17.3 Å². The summed E-state index contributed by atoms with van der Waals surface area (Å²) in [5.41, 5.74) is 1.11. The smallest absolute Gasteiger partial charge is 0.326 e. The molecular formula is C30H27N3O5. The maximum atomic E-state index is 14.3. The van der Waals surface area contributed by atoms with E-state index in [4.69, 9.17) is 4.74 Å². The summed E-state index contributed by atoms with van der Waals surface area (Å²) in [6, 6.07) is 25.2. The number of anilines is 2. The first-order valence-electron chi connectivity index (χ1n) is 12.8. The van der Waals surface area contributed by atoms with E-state index >= 15 is 0 Å². The van der Waals surface area contributed by atoms with Crippen molar-refractivity contribution in [2.75, 3.05) is 23.0 Å². The van der Waals surface area contributed by atoms with Gasteiger partial charge < -0.3 is 4.74 Å². The zero-order chi connectivity index (χ0) is 26.4. The normalized spacial score (nSPS) is 25.7. The molecule has 0 aliphatic carbocycles. The molecule has 8 heteroatoms. The minimum absolute atomic E-state index is 0.189. The third kappa shape index (κ3) is 3.48. The van der Waals surface area contributed by atoms with Crippen molar-refractivity contribution in [3.63, 3.8) is 0 Å². The molecule has 1 N–H and O–H groups in total. The van der Waals surface area contributed by atoms with Crippen molar-refractivity contribution >= 4 is 35.1 Å². The van der Waals surface area contributed by atoms with Gasteiger partial charge in [-0.2, -0.15) is 0 Å². The van der Waals surface area contributed by atoms with E-state index in [2.05, 4.69) is 5.32 Å². The molecule has 4 atom stereocenters. The highest BCUT2D eigenvalue weighted by Gasteiger charge is 2.71. The lowest BCUT2D eigenvalue weighted by Crippen LogP contribution is -2.56. The number of nitrogens with one attached hydrogen (secondary N) is 1. The van der Waals surface area contributed by atoms with Gasteiger partial charge in [-0.25, -0.2) is 4.90 Å². The van der Waals surface area contributed by atoms with Gasteiger partial charge in [0.1, 0.15) is 12.1 Å². The lowest BCUT2D eigenvalue weighted by atomic mass is 9.76. The number of esters is 1. The van der Waals surface area contributed by atoms with Crippen molar-refractivity contribution in [3.8, 4) is 0 Å². The second-order valence-electron chi connectivity index (χ2n) is 9.81. The average molecular weight is 510 g/mol. The Morgan fingerprint density at radius 3 is 2.26 bits per heavy atom. The minimum atomic E-state index is -1.48. The van der Waals surface area contributed by atoms with Crippen LogP contribution in [0.25, 0.3) is 0 Å². The number of rotatable bonds is 6. The number of para-hydroxylation sites is 2. The van der Waals surface area contributed by atoms with Crippen LogP contribution in [0.15, 0.2) is 84.9 Å². The molecule has 0 unspecified atom stereocenters. The molecule has 6 rings (SSSR count). The molecule has 3 amide bonds. The van der Waals surface area contributed by atoms with Gasteiger partial charge in [-0.1, -0.05) is 66.7 Å². The molecule has 3 aliphatic rings. The van der Waals surface area contributed by atoms with Crippen LogP contribution in [0.4, 0.5) is 11.4 Å². The molecule has 1 spiro atoms. The lowest BCUT2D eigenvalue weighted by Gasteiger charge is -2.30. The quantitative estimate of drug-likeness (QED) is 0.406. The van der Waals surface area contributed by atoms with Crippen molar-refractivity contribution in [2.24, 2.45) is 11.8 Å². The molecule has 0 radical (unpaired) electrons. The van der Waals surface area contributed by atoms with Gasteiger partial charge >= 0.3 is 5.97 Å². The Balaban J connectivity index is 1.49. The van der Waals surface area contributed by atoms with E-state index in [-0.39, 0.29) is 19.1 Å². The Hall–Kier alpha value is -4.30. The van der Waals surface area contributed by atoms with E-state index < -0.39 is 41.2 Å². The summed E-state index contributed by atoms with van der Waals surface area (Å²) in [5.74, 6) is -3.44. The monoisotopic (exact) mass is 509 g/mol. The number of amides is 3. The molecule has 2 saturated heterocycles. The summed E-state index contributed by atoms with van der Waals surface area (Å²) >= 11 is 0. The zero-order valence-electron chi connectivity index (χ0n) is 20.9. The van der Waals surface area contributed by atoms with Crippen LogP contribution in [0.5, 0.6) is 0 Å². The molecule has 3 aliphatic heterocycles. The molecule has 0 aromatic heterocycles. The zero-order valence-corrected chi connectivity index (χ0v) is 20.9. The third-order valence-corrected chi connectivity index (χ3v) is 7.77. The number of nitrogens with zero attached hydrogens (tertiary/aromatic N) is 2. The molecule has 3 aromatic rings. The fraction of sp³-hybridized carbons (Fsp3) is 0.267. The van der Waals surface area contributed by atoms with E-state index in [1.807, 2.05) is 36.4 Å². The summed E-state index contributed by atoms with van der Waals surface area (Å²) < 4.78 is 5.14. The molecule has 38 heavy (non-hydrogen) atoms. The fourth-order valence-electron chi connectivity index (χ4n) is 6.31. The Morgan fingerprint density at radius 1 is 0.895 bits per heavy atom. The number of benzene rings is 3. The van der Waals surface area contributed by atoms with Crippen molar-refractivity contribution < 1.29 is 23.9 Å². The molecule has 8 nitrogen and oxygen atoms in total. The molecule has 0 bridgehead atoms. The first-order chi connectivity index (χ1) is 18.5. The topological polar surface area (TPSA) is 96.0 Å². The largest absolute Gasteiger partial charge is 0.465 e. The van der Waals surface area contributed by atoms with Crippen LogP contribution >= 0.6 is 0 Å². The predicted octanol–water partition coefficient (Wildman–Crippen LogP) is 2.81. The SMILES string of the molecule is CCOC(=O)CN1C(=O)[C@]2(N[C@H](Cc3ccccc3)[C@H]3C(=O)N(c4ccccc4)C(=O)[C@@H]32)c2ccccc21.